The van der Waals surface area contributed by atoms with Crippen LogP contribution in [0.15, 0.2) is 48.5 Å². The van der Waals surface area contributed by atoms with E-state index in [9.17, 15) is 14.0 Å². The number of rotatable bonds is 7. The fraction of sp³-hybridized carbons (Fsp3) is 0.190. The van der Waals surface area contributed by atoms with Crippen molar-refractivity contribution in [3.8, 4) is 0 Å². The minimum Gasteiger partial charge on any atom is -0.464 e. The number of carbonyl (C=O) groups excluding carboxylic acids is 2. The number of ether oxygens (including phenoxy) is 1. The van der Waals surface area contributed by atoms with Gasteiger partial charge in [-0.2, -0.15) is 0 Å². The van der Waals surface area contributed by atoms with Gasteiger partial charge >= 0.3 is 5.97 Å². The second-order valence-corrected chi connectivity index (χ2v) is 7.68. The topological polar surface area (TPSA) is 68.3 Å². The van der Waals surface area contributed by atoms with Gasteiger partial charge in [-0.15, -0.1) is 11.3 Å². The molecule has 0 saturated heterocycles. The maximum absolute atomic E-state index is 13.9. The van der Waals surface area contributed by atoms with Crippen LogP contribution < -0.4 is 5.32 Å². The van der Waals surface area contributed by atoms with Gasteiger partial charge in [-0.1, -0.05) is 48.0 Å². The first-order valence-electron chi connectivity index (χ1n) is 8.82. The molecule has 0 aliphatic heterocycles. The molecule has 1 aromatic heterocycles. The van der Waals surface area contributed by atoms with Gasteiger partial charge in [-0.3, -0.25) is 4.79 Å². The van der Waals surface area contributed by atoms with Crippen LogP contribution in [0.1, 0.15) is 26.5 Å². The molecule has 5 nitrogen and oxygen atoms in total. The van der Waals surface area contributed by atoms with Crippen LogP contribution >= 0.6 is 22.9 Å². The molecule has 2 aromatic carbocycles. The highest BCUT2D eigenvalue weighted by Gasteiger charge is 2.20. The molecule has 0 fully saturated rings. The molecule has 0 saturated carbocycles. The zero-order chi connectivity index (χ0) is 20.8. The molecule has 29 heavy (non-hydrogen) atoms. The molecule has 0 bridgehead atoms. The predicted molar refractivity (Wildman–Crippen MR) is 111 cm³/mol. The molecule has 0 radical (unpaired) electrons. The third kappa shape index (κ3) is 5.40. The molecule has 3 aromatic rings. The molecular weight excluding hydrogens is 415 g/mol. The van der Waals surface area contributed by atoms with Crippen LogP contribution in [0.4, 0.5) is 9.52 Å². The van der Waals surface area contributed by atoms with E-state index in [1.165, 1.54) is 36.6 Å². The molecular formula is C21H18ClFN2O3S. The lowest BCUT2D eigenvalue weighted by molar-refractivity contribution is -0.115. The van der Waals surface area contributed by atoms with E-state index in [0.717, 1.165) is 5.56 Å². The summed E-state index contributed by atoms with van der Waals surface area (Å²) >= 11 is 7.17. The van der Waals surface area contributed by atoms with Crippen LogP contribution in [-0.2, 0) is 28.8 Å². The summed E-state index contributed by atoms with van der Waals surface area (Å²) in [6, 6.07) is 14.1. The number of aromatic nitrogens is 1. The highest BCUT2D eigenvalue weighted by atomic mass is 35.5. The molecule has 1 N–H and O–H groups in total. The van der Waals surface area contributed by atoms with Crippen molar-refractivity contribution in [2.75, 3.05) is 12.4 Å². The van der Waals surface area contributed by atoms with Crippen LogP contribution in [0, 0.1) is 5.82 Å². The van der Waals surface area contributed by atoms with Crippen molar-refractivity contribution in [3.63, 3.8) is 0 Å². The lowest BCUT2D eigenvalue weighted by Crippen LogP contribution is -2.15. The molecule has 0 spiro atoms. The fourth-order valence-corrected chi connectivity index (χ4v) is 3.95. The zero-order valence-electron chi connectivity index (χ0n) is 15.6. The molecule has 8 heteroatoms. The van der Waals surface area contributed by atoms with E-state index in [0.29, 0.717) is 17.7 Å². The number of benzene rings is 2. The van der Waals surface area contributed by atoms with Gasteiger partial charge in [-0.05, 0) is 30.5 Å². The Morgan fingerprint density at radius 2 is 1.90 bits per heavy atom. The van der Waals surface area contributed by atoms with Gasteiger partial charge < -0.3 is 10.1 Å². The van der Waals surface area contributed by atoms with Crippen LogP contribution in [0.2, 0.25) is 5.02 Å². The minimum atomic E-state index is -0.568. The summed E-state index contributed by atoms with van der Waals surface area (Å²) in [4.78, 5) is 29.3. The van der Waals surface area contributed by atoms with Crippen molar-refractivity contribution in [1.82, 2.24) is 4.98 Å². The van der Waals surface area contributed by atoms with Gasteiger partial charge in [0.1, 0.15) is 5.82 Å². The second kappa shape index (κ2) is 9.62. The van der Waals surface area contributed by atoms with Gasteiger partial charge in [0.15, 0.2) is 10.8 Å². The number of nitrogens with one attached hydrogen (secondary N) is 1. The average Bonchev–Trinajstić information content (AvgIpc) is 3.12. The van der Waals surface area contributed by atoms with Crippen LogP contribution in [0.5, 0.6) is 0 Å². The van der Waals surface area contributed by atoms with E-state index in [-0.39, 0.29) is 27.8 Å². The number of hydrogen-bond donors (Lipinski definition) is 1. The Kier molecular flexibility index (Phi) is 6.95. The first-order valence-corrected chi connectivity index (χ1v) is 10.0. The first kappa shape index (κ1) is 21.0. The number of thiazole rings is 1. The fourth-order valence-electron chi connectivity index (χ4n) is 2.76. The summed E-state index contributed by atoms with van der Waals surface area (Å²) < 4.78 is 18.7. The standard InChI is InChI=1S/C21H18ClFN2O3S/c1-28-20(27)19-17(11-10-13-6-3-2-4-7-13)29-21(25-19)24-18(26)12-14-15(22)8-5-9-16(14)23/h2-9H,10-12H2,1H3,(H,24,25,26). The van der Waals surface area contributed by atoms with E-state index in [4.69, 9.17) is 16.3 Å². The van der Waals surface area contributed by atoms with E-state index < -0.39 is 17.7 Å². The Morgan fingerprint density at radius 1 is 1.14 bits per heavy atom. The quantitative estimate of drug-likeness (QED) is 0.550. The maximum Gasteiger partial charge on any atom is 0.357 e. The number of halogens is 2. The largest absolute Gasteiger partial charge is 0.464 e. The van der Waals surface area contributed by atoms with Crippen molar-refractivity contribution in [2.45, 2.75) is 19.3 Å². The first-order chi connectivity index (χ1) is 14.0. The number of amides is 1. The third-order valence-corrected chi connectivity index (χ3v) is 5.59. The maximum atomic E-state index is 13.9. The molecule has 0 aliphatic rings. The zero-order valence-corrected chi connectivity index (χ0v) is 17.1. The Labute approximate surface area is 176 Å². The van der Waals surface area contributed by atoms with E-state index >= 15 is 0 Å². The van der Waals surface area contributed by atoms with E-state index in [2.05, 4.69) is 10.3 Å². The summed E-state index contributed by atoms with van der Waals surface area (Å²) in [6.45, 7) is 0. The van der Waals surface area contributed by atoms with Crippen molar-refractivity contribution in [1.29, 1.82) is 0 Å². The van der Waals surface area contributed by atoms with Crippen LogP contribution in [0.3, 0.4) is 0 Å². The lowest BCUT2D eigenvalue weighted by atomic mass is 10.1. The summed E-state index contributed by atoms with van der Waals surface area (Å²) in [7, 11) is 1.28. The number of anilines is 1. The Balaban J connectivity index is 1.74. The summed E-state index contributed by atoms with van der Waals surface area (Å²) in [6.07, 6.45) is 1.05. The molecule has 0 atom stereocenters. The number of carbonyl (C=O) groups is 2. The summed E-state index contributed by atoms with van der Waals surface area (Å²) in [5.74, 6) is -1.59. The molecule has 0 aliphatic carbocycles. The highest BCUT2D eigenvalue weighted by molar-refractivity contribution is 7.16. The van der Waals surface area contributed by atoms with Crippen molar-refractivity contribution in [2.24, 2.45) is 0 Å². The Bertz CT molecular complexity index is 1000. The number of hydrogen-bond acceptors (Lipinski definition) is 5. The van der Waals surface area contributed by atoms with Gasteiger partial charge in [0.2, 0.25) is 5.91 Å². The SMILES string of the molecule is COC(=O)c1nc(NC(=O)Cc2c(F)cccc2Cl)sc1CCc1ccccc1. The number of esters is 1. The van der Waals surface area contributed by atoms with E-state index in [1.807, 2.05) is 30.3 Å². The predicted octanol–water partition coefficient (Wildman–Crippen LogP) is 4.69. The molecule has 3 rings (SSSR count). The number of nitrogens with zero attached hydrogens (tertiary/aromatic N) is 1. The Hall–Kier alpha value is -2.77. The van der Waals surface area contributed by atoms with Crippen molar-refractivity contribution < 1.29 is 18.7 Å². The van der Waals surface area contributed by atoms with Gasteiger partial charge in [0.05, 0.1) is 13.5 Å². The monoisotopic (exact) mass is 432 g/mol. The number of methoxy groups -OCH3 is 1. The normalized spacial score (nSPS) is 10.6. The molecule has 1 heterocycles. The summed E-state index contributed by atoms with van der Waals surface area (Å²) in [5, 5.41) is 3.05. The number of aryl methyl sites for hydroxylation is 2. The van der Waals surface area contributed by atoms with Gasteiger partial charge in [-0.25, -0.2) is 14.2 Å². The smallest absolute Gasteiger partial charge is 0.357 e. The third-order valence-electron chi connectivity index (χ3n) is 4.21. The van der Waals surface area contributed by atoms with Crippen molar-refractivity contribution >= 4 is 39.9 Å². The molecule has 1 amide bonds. The van der Waals surface area contributed by atoms with Gasteiger partial charge in [0, 0.05) is 15.5 Å². The van der Waals surface area contributed by atoms with Crippen LogP contribution in [-0.4, -0.2) is 24.0 Å². The Morgan fingerprint density at radius 3 is 2.59 bits per heavy atom. The second-order valence-electron chi connectivity index (χ2n) is 6.19. The van der Waals surface area contributed by atoms with Gasteiger partial charge in [0.25, 0.3) is 0 Å². The lowest BCUT2D eigenvalue weighted by Gasteiger charge is -2.05. The average molecular weight is 433 g/mol. The van der Waals surface area contributed by atoms with Crippen molar-refractivity contribution in [3.05, 3.63) is 81.1 Å². The van der Waals surface area contributed by atoms with E-state index in [1.54, 1.807) is 0 Å². The molecule has 0 unspecified atom stereocenters. The molecule has 150 valence electrons. The highest BCUT2D eigenvalue weighted by Crippen LogP contribution is 2.26. The van der Waals surface area contributed by atoms with Crippen LogP contribution in [0.25, 0.3) is 0 Å². The minimum absolute atomic E-state index is 0.112. The summed E-state index contributed by atoms with van der Waals surface area (Å²) in [5.41, 5.74) is 1.41.